The Bertz CT molecular complexity index is 545. The number of rotatable bonds is 17. The van der Waals surface area contributed by atoms with Gasteiger partial charge < -0.3 is 15.7 Å². The summed E-state index contributed by atoms with van der Waals surface area (Å²) < 4.78 is 0. The maximum Gasteiger partial charge on any atom is 0.237 e. The number of phenols is 1. The van der Waals surface area contributed by atoms with Gasteiger partial charge in [0.1, 0.15) is 5.75 Å². The molecule has 4 nitrogen and oxygen atoms in total. The lowest BCUT2D eigenvalue weighted by atomic mass is 10.0. The summed E-state index contributed by atoms with van der Waals surface area (Å²) in [6, 6.07) is 7.05. The summed E-state index contributed by atoms with van der Waals surface area (Å²) in [7, 11) is 0. The molecule has 1 aromatic rings. The number of hydrogen-bond donors (Lipinski definition) is 3. The highest BCUT2D eigenvalue weighted by Gasteiger charge is 2.19. The van der Waals surface area contributed by atoms with Crippen LogP contribution in [-0.4, -0.2) is 23.6 Å². The molecule has 1 rings (SSSR count). The van der Waals surface area contributed by atoms with E-state index in [2.05, 4.69) is 31.4 Å². The standard InChI is InChI=1S/C25H44N2O2/c1-4-5-6-7-8-9-10-11-12-15-18-26-25(29)23(19-21(2)3)27-20-22-16-13-14-17-24(22)28/h13-14,16-17,21,23,27-28H,4-12,15,18-20H2,1-3H3,(H,26,29)/t23-/m0/s1. The van der Waals surface area contributed by atoms with Gasteiger partial charge in [-0.3, -0.25) is 4.79 Å². The van der Waals surface area contributed by atoms with E-state index in [4.69, 9.17) is 0 Å². The van der Waals surface area contributed by atoms with E-state index in [0.29, 0.717) is 12.5 Å². The van der Waals surface area contributed by atoms with Gasteiger partial charge in [-0.15, -0.1) is 0 Å². The molecule has 0 aliphatic rings. The molecule has 1 atom stereocenters. The van der Waals surface area contributed by atoms with E-state index in [1.54, 1.807) is 6.07 Å². The van der Waals surface area contributed by atoms with Crippen molar-refractivity contribution in [2.75, 3.05) is 6.54 Å². The first-order chi connectivity index (χ1) is 14.0. The number of hydrogen-bond acceptors (Lipinski definition) is 3. The van der Waals surface area contributed by atoms with E-state index in [-0.39, 0.29) is 17.7 Å². The molecular formula is C25H44N2O2. The highest BCUT2D eigenvalue weighted by molar-refractivity contribution is 5.81. The zero-order chi connectivity index (χ0) is 21.3. The smallest absolute Gasteiger partial charge is 0.237 e. The van der Waals surface area contributed by atoms with E-state index >= 15 is 0 Å². The van der Waals surface area contributed by atoms with Gasteiger partial charge in [0.25, 0.3) is 0 Å². The molecule has 1 aromatic carbocycles. The summed E-state index contributed by atoms with van der Waals surface area (Å²) in [5.41, 5.74) is 0.823. The molecule has 0 aliphatic carbocycles. The fraction of sp³-hybridized carbons (Fsp3) is 0.720. The van der Waals surface area contributed by atoms with Crippen LogP contribution in [0.2, 0.25) is 0 Å². The molecule has 0 heterocycles. The van der Waals surface area contributed by atoms with Crippen molar-refractivity contribution in [1.82, 2.24) is 10.6 Å². The number of carbonyl (C=O) groups is 1. The third-order valence-corrected chi connectivity index (χ3v) is 5.38. The Balaban J connectivity index is 2.20. The number of nitrogens with one attached hydrogen (secondary N) is 2. The Morgan fingerprint density at radius 2 is 1.52 bits per heavy atom. The number of carbonyl (C=O) groups excluding carboxylic acids is 1. The van der Waals surface area contributed by atoms with E-state index < -0.39 is 0 Å². The number of benzene rings is 1. The van der Waals surface area contributed by atoms with E-state index in [0.717, 1.165) is 24.9 Å². The molecular weight excluding hydrogens is 360 g/mol. The topological polar surface area (TPSA) is 61.4 Å². The van der Waals surface area contributed by atoms with Crippen LogP contribution in [0.3, 0.4) is 0 Å². The molecule has 0 fully saturated rings. The molecule has 1 amide bonds. The Kier molecular flexibility index (Phi) is 14.3. The number of amides is 1. The predicted octanol–water partition coefficient (Wildman–Crippen LogP) is 5.93. The van der Waals surface area contributed by atoms with Gasteiger partial charge in [0, 0.05) is 18.7 Å². The van der Waals surface area contributed by atoms with Crippen LogP contribution in [0, 0.1) is 5.92 Å². The highest BCUT2D eigenvalue weighted by atomic mass is 16.3. The maximum absolute atomic E-state index is 12.6. The first-order valence-electron chi connectivity index (χ1n) is 11.8. The van der Waals surface area contributed by atoms with Crippen LogP contribution >= 0.6 is 0 Å². The molecule has 0 radical (unpaired) electrons. The van der Waals surface area contributed by atoms with Crippen molar-refractivity contribution in [1.29, 1.82) is 0 Å². The summed E-state index contributed by atoms with van der Waals surface area (Å²) in [6.07, 6.45) is 13.8. The quantitative estimate of drug-likeness (QED) is 0.282. The molecule has 0 saturated carbocycles. The van der Waals surface area contributed by atoms with Gasteiger partial charge in [-0.25, -0.2) is 0 Å². The average molecular weight is 405 g/mol. The third kappa shape index (κ3) is 12.6. The molecule has 0 spiro atoms. The second-order valence-corrected chi connectivity index (χ2v) is 8.66. The van der Waals surface area contributed by atoms with Crippen molar-refractivity contribution in [3.05, 3.63) is 29.8 Å². The van der Waals surface area contributed by atoms with E-state index in [9.17, 15) is 9.90 Å². The van der Waals surface area contributed by atoms with Gasteiger partial charge in [0.2, 0.25) is 5.91 Å². The Morgan fingerprint density at radius 1 is 0.931 bits per heavy atom. The minimum absolute atomic E-state index is 0.0741. The van der Waals surface area contributed by atoms with E-state index in [1.165, 1.54) is 57.8 Å². The van der Waals surface area contributed by atoms with Gasteiger partial charge in [-0.1, -0.05) is 96.8 Å². The average Bonchev–Trinajstić information content (AvgIpc) is 2.70. The molecule has 4 heteroatoms. The van der Waals surface area contributed by atoms with Crippen LogP contribution < -0.4 is 10.6 Å². The summed E-state index contributed by atoms with van der Waals surface area (Å²) in [5.74, 6) is 0.777. The molecule has 0 aromatic heterocycles. The van der Waals surface area contributed by atoms with Crippen molar-refractivity contribution in [3.8, 4) is 5.75 Å². The van der Waals surface area contributed by atoms with E-state index in [1.807, 2.05) is 18.2 Å². The molecule has 0 bridgehead atoms. The lowest BCUT2D eigenvalue weighted by molar-refractivity contribution is -0.123. The largest absolute Gasteiger partial charge is 0.508 e. The van der Waals surface area contributed by atoms with Crippen LogP contribution in [0.15, 0.2) is 24.3 Å². The fourth-order valence-corrected chi connectivity index (χ4v) is 3.60. The second kappa shape index (κ2) is 16.3. The molecule has 29 heavy (non-hydrogen) atoms. The van der Waals surface area contributed by atoms with Crippen LogP contribution in [0.5, 0.6) is 5.75 Å². The molecule has 0 saturated heterocycles. The number of aromatic hydroxyl groups is 1. The first-order valence-corrected chi connectivity index (χ1v) is 11.8. The van der Waals surface area contributed by atoms with Crippen molar-refractivity contribution in [2.45, 2.75) is 104 Å². The van der Waals surface area contributed by atoms with Gasteiger partial charge in [-0.2, -0.15) is 0 Å². The number of unbranched alkanes of at least 4 members (excludes halogenated alkanes) is 9. The van der Waals surface area contributed by atoms with Crippen LogP contribution in [0.1, 0.15) is 97.0 Å². The monoisotopic (exact) mass is 404 g/mol. The molecule has 166 valence electrons. The third-order valence-electron chi connectivity index (χ3n) is 5.38. The van der Waals surface area contributed by atoms with Gasteiger partial charge in [-0.05, 0) is 24.8 Å². The zero-order valence-corrected chi connectivity index (χ0v) is 19.0. The van der Waals surface area contributed by atoms with Crippen molar-refractivity contribution >= 4 is 5.91 Å². The number of phenolic OH excluding ortho intramolecular Hbond substituents is 1. The van der Waals surface area contributed by atoms with Crippen LogP contribution in [-0.2, 0) is 11.3 Å². The lowest BCUT2D eigenvalue weighted by Gasteiger charge is -2.20. The maximum atomic E-state index is 12.6. The van der Waals surface area contributed by atoms with Gasteiger partial charge in [0.15, 0.2) is 0 Å². The zero-order valence-electron chi connectivity index (χ0n) is 19.0. The first kappa shape index (κ1) is 25.5. The fourth-order valence-electron chi connectivity index (χ4n) is 3.60. The summed E-state index contributed by atoms with van der Waals surface area (Å²) >= 11 is 0. The Hall–Kier alpha value is -1.55. The predicted molar refractivity (Wildman–Crippen MR) is 123 cm³/mol. The Labute approximate surface area is 178 Å². The van der Waals surface area contributed by atoms with Crippen LogP contribution in [0.25, 0.3) is 0 Å². The minimum Gasteiger partial charge on any atom is -0.508 e. The number of para-hydroxylation sites is 1. The van der Waals surface area contributed by atoms with Crippen molar-refractivity contribution in [2.24, 2.45) is 5.92 Å². The van der Waals surface area contributed by atoms with Crippen LogP contribution in [0.4, 0.5) is 0 Å². The van der Waals surface area contributed by atoms with Gasteiger partial charge in [0.05, 0.1) is 6.04 Å². The molecule has 3 N–H and O–H groups in total. The molecule has 0 aliphatic heterocycles. The summed E-state index contributed by atoms with van der Waals surface area (Å²) in [4.78, 5) is 12.6. The summed E-state index contributed by atoms with van der Waals surface area (Å²) in [6.45, 7) is 7.76. The molecule has 0 unspecified atom stereocenters. The minimum atomic E-state index is -0.224. The van der Waals surface area contributed by atoms with Crippen molar-refractivity contribution < 1.29 is 9.90 Å². The SMILES string of the molecule is CCCCCCCCCCCCNC(=O)[C@H](CC(C)C)NCc1ccccc1O. The lowest BCUT2D eigenvalue weighted by Crippen LogP contribution is -2.45. The van der Waals surface area contributed by atoms with Crippen molar-refractivity contribution in [3.63, 3.8) is 0 Å². The normalized spacial score (nSPS) is 12.3. The highest BCUT2D eigenvalue weighted by Crippen LogP contribution is 2.16. The Morgan fingerprint density at radius 3 is 2.10 bits per heavy atom. The van der Waals surface area contributed by atoms with Gasteiger partial charge >= 0.3 is 0 Å². The summed E-state index contributed by atoms with van der Waals surface area (Å²) in [5, 5.41) is 16.3. The second-order valence-electron chi connectivity index (χ2n) is 8.66.